The van der Waals surface area contributed by atoms with Crippen molar-refractivity contribution in [2.45, 2.75) is 12.2 Å². The summed E-state index contributed by atoms with van der Waals surface area (Å²) >= 11 is 3.09. The number of rotatable bonds is 3. The van der Waals surface area contributed by atoms with Gasteiger partial charge in [0.1, 0.15) is 0 Å². The van der Waals surface area contributed by atoms with Crippen molar-refractivity contribution in [1.82, 2.24) is 9.88 Å². The quantitative estimate of drug-likeness (QED) is 0.785. The molecule has 1 aromatic heterocycles. The molecule has 0 spiro atoms. The van der Waals surface area contributed by atoms with Gasteiger partial charge in [0.25, 0.3) is 0 Å². The van der Waals surface area contributed by atoms with Crippen LogP contribution >= 0.6 is 23.1 Å². The number of hydrogen-bond acceptors (Lipinski definition) is 6. The summed E-state index contributed by atoms with van der Waals surface area (Å²) in [4.78, 5) is 28.0. The second-order valence-corrected chi connectivity index (χ2v) is 6.37. The molecule has 0 bridgehead atoms. The Labute approximate surface area is 115 Å². The lowest BCUT2D eigenvalue weighted by Crippen LogP contribution is -2.49. The minimum Gasteiger partial charge on any atom is -0.351 e. The molecule has 1 fully saturated rings. The van der Waals surface area contributed by atoms with Crippen molar-refractivity contribution in [3.63, 3.8) is 0 Å². The van der Waals surface area contributed by atoms with Crippen LogP contribution in [0.25, 0.3) is 0 Å². The van der Waals surface area contributed by atoms with Crippen LogP contribution in [0.5, 0.6) is 0 Å². The van der Waals surface area contributed by atoms with Gasteiger partial charge in [-0.1, -0.05) is 11.8 Å². The van der Waals surface area contributed by atoms with E-state index in [9.17, 15) is 9.59 Å². The molecule has 7 heteroatoms. The van der Waals surface area contributed by atoms with Gasteiger partial charge in [-0.15, -0.1) is 11.3 Å². The number of anilines is 1. The Bertz CT molecular complexity index is 376. The maximum atomic E-state index is 10.8. The average molecular weight is 287 g/mol. The second kappa shape index (κ2) is 7.38. The van der Waals surface area contributed by atoms with Gasteiger partial charge in [-0.05, 0) is 0 Å². The van der Waals surface area contributed by atoms with Crippen LogP contribution in [0.3, 0.4) is 0 Å². The van der Waals surface area contributed by atoms with E-state index < -0.39 is 0 Å². The van der Waals surface area contributed by atoms with Crippen molar-refractivity contribution in [3.05, 3.63) is 11.6 Å². The highest BCUT2D eigenvalue weighted by atomic mass is 32.2. The first kappa shape index (κ1) is 15.0. The van der Waals surface area contributed by atoms with Crippen molar-refractivity contribution < 1.29 is 9.59 Å². The lowest BCUT2D eigenvalue weighted by molar-refractivity contribution is -0.116. The van der Waals surface area contributed by atoms with Gasteiger partial charge in [0.15, 0.2) is 10.2 Å². The fraction of sp³-hybridized carbons (Fsp3) is 0.545. The fourth-order valence-corrected chi connectivity index (χ4v) is 2.92. The van der Waals surface area contributed by atoms with Crippen LogP contribution in [0.2, 0.25) is 0 Å². The number of aromatic nitrogens is 1. The summed E-state index contributed by atoms with van der Waals surface area (Å²) in [5.41, 5.74) is 0. The molecular weight excluding hydrogens is 270 g/mol. The minimum absolute atomic E-state index is 0.212. The smallest absolute Gasteiger partial charge is 0.209 e. The summed E-state index contributed by atoms with van der Waals surface area (Å²) in [5.74, 6) is 0. The molecule has 100 valence electrons. The highest BCUT2D eigenvalue weighted by molar-refractivity contribution is 8.14. The Morgan fingerprint density at radius 1 is 1.61 bits per heavy atom. The third kappa shape index (κ3) is 5.05. The van der Waals surface area contributed by atoms with Crippen LogP contribution in [0.1, 0.15) is 6.92 Å². The molecule has 0 radical (unpaired) electrons. The Morgan fingerprint density at radius 3 is 2.61 bits per heavy atom. The van der Waals surface area contributed by atoms with E-state index in [0.717, 1.165) is 24.6 Å². The van der Waals surface area contributed by atoms with Gasteiger partial charge in [0, 0.05) is 50.9 Å². The van der Waals surface area contributed by atoms with E-state index in [0.29, 0.717) is 5.25 Å². The van der Waals surface area contributed by atoms with Crippen molar-refractivity contribution in [2.24, 2.45) is 0 Å². The SMILES string of the molecule is CC(=O)SC1CN(c2nccs2)C1.CN(C)C=O. The molecule has 0 aromatic carbocycles. The van der Waals surface area contributed by atoms with Gasteiger partial charge < -0.3 is 9.80 Å². The molecule has 2 rings (SSSR count). The third-order valence-electron chi connectivity index (χ3n) is 2.08. The van der Waals surface area contributed by atoms with Crippen LogP contribution in [-0.4, -0.2) is 53.8 Å². The zero-order valence-corrected chi connectivity index (χ0v) is 12.3. The predicted molar refractivity (Wildman–Crippen MR) is 76.1 cm³/mol. The number of carbonyl (C=O) groups is 2. The molecule has 5 nitrogen and oxygen atoms in total. The first-order valence-electron chi connectivity index (χ1n) is 5.46. The maximum Gasteiger partial charge on any atom is 0.209 e. The number of amides is 1. The van der Waals surface area contributed by atoms with E-state index in [4.69, 9.17) is 0 Å². The van der Waals surface area contributed by atoms with Crippen molar-refractivity contribution in [1.29, 1.82) is 0 Å². The molecule has 1 aliphatic heterocycles. The van der Waals surface area contributed by atoms with Gasteiger partial charge in [0.05, 0.1) is 0 Å². The van der Waals surface area contributed by atoms with E-state index in [1.165, 1.54) is 16.7 Å². The van der Waals surface area contributed by atoms with Gasteiger partial charge in [-0.2, -0.15) is 0 Å². The van der Waals surface area contributed by atoms with Gasteiger partial charge in [0.2, 0.25) is 6.41 Å². The number of carbonyl (C=O) groups excluding carboxylic acids is 2. The molecule has 0 saturated carbocycles. The molecule has 0 N–H and O–H groups in total. The van der Waals surface area contributed by atoms with Crippen LogP contribution < -0.4 is 4.90 Å². The third-order valence-corrected chi connectivity index (χ3v) is 3.88. The number of nitrogens with zero attached hydrogens (tertiary/aromatic N) is 3. The van der Waals surface area contributed by atoms with Crippen LogP contribution in [-0.2, 0) is 9.59 Å². The second-order valence-electron chi connectivity index (χ2n) is 4.02. The van der Waals surface area contributed by atoms with Crippen molar-refractivity contribution >= 4 is 39.8 Å². The zero-order valence-electron chi connectivity index (χ0n) is 10.7. The Balaban J connectivity index is 0.000000280. The number of hydrogen-bond donors (Lipinski definition) is 0. The monoisotopic (exact) mass is 287 g/mol. The van der Waals surface area contributed by atoms with Gasteiger partial charge >= 0.3 is 0 Å². The number of thioether (sulfide) groups is 1. The van der Waals surface area contributed by atoms with E-state index in [-0.39, 0.29) is 5.12 Å². The fourth-order valence-electron chi connectivity index (χ4n) is 1.28. The van der Waals surface area contributed by atoms with Gasteiger partial charge in [-0.25, -0.2) is 4.98 Å². The lowest BCUT2D eigenvalue weighted by atomic mass is 10.2. The highest BCUT2D eigenvalue weighted by Crippen LogP contribution is 2.29. The zero-order chi connectivity index (χ0) is 13.5. The summed E-state index contributed by atoms with van der Waals surface area (Å²) in [7, 11) is 3.38. The van der Waals surface area contributed by atoms with Crippen LogP contribution in [0, 0.1) is 0 Å². The van der Waals surface area contributed by atoms with Gasteiger partial charge in [-0.3, -0.25) is 9.59 Å². The Morgan fingerprint density at radius 2 is 2.22 bits per heavy atom. The standard InChI is InChI=1S/C8H10N2OS2.C3H7NO/c1-6(11)13-7-4-10(5-7)8-9-2-3-12-8;1-4(2)3-5/h2-3,7H,4-5H2,1H3;3H,1-2H3. The highest BCUT2D eigenvalue weighted by Gasteiger charge is 2.29. The average Bonchev–Trinajstić information content (AvgIpc) is 2.76. The summed E-state index contributed by atoms with van der Waals surface area (Å²) in [6.45, 7) is 3.53. The summed E-state index contributed by atoms with van der Waals surface area (Å²) < 4.78 is 0. The summed E-state index contributed by atoms with van der Waals surface area (Å²) in [5, 5.41) is 3.73. The molecule has 0 unspecified atom stereocenters. The summed E-state index contributed by atoms with van der Waals surface area (Å²) in [6, 6.07) is 0. The van der Waals surface area contributed by atoms with E-state index in [1.807, 2.05) is 11.6 Å². The molecule has 18 heavy (non-hydrogen) atoms. The normalized spacial score (nSPS) is 14.3. The lowest BCUT2D eigenvalue weighted by Gasteiger charge is -2.37. The van der Waals surface area contributed by atoms with Crippen LogP contribution in [0.4, 0.5) is 5.13 Å². The molecular formula is C11H17N3O2S2. The van der Waals surface area contributed by atoms with Crippen molar-refractivity contribution in [2.75, 3.05) is 32.1 Å². The molecule has 1 saturated heterocycles. The molecule has 0 aliphatic carbocycles. The minimum atomic E-state index is 0.212. The first-order valence-corrected chi connectivity index (χ1v) is 7.22. The van der Waals surface area contributed by atoms with E-state index in [1.54, 1.807) is 32.4 Å². The molecule has 1 aromatic rings. The molecule has 1 amide bonds. The molecule has 1 aliphatic rings. The summed E-state index contributed by atoms with van der Waals surface area (Å²) in [6.07, 6.45) is 2.56. The van der Waals surface area contributed by atoms with E-state index >= 15 is 0 Å². The number of thiazole rings is 1. The van der Waals surface area contributed by atoms with Crippen molar-refractivity contribution in [3.8, 4) is 0 Å². The van der Waals surface area contributed by atoms with Crippen LogP contribution in [0.15, 0.2) is 11.6 Å². The largest absolute Gasteiger partial charge is 0.351 e. The van der Waals surface area contributed by atoms with E-state index in [2.05, 4.69) is 9.88 Å². The molecule has 0 atom stereocenters. The first-order chi connectivity index (χ1) is 8.52. The topological polar surface area (TPSA) is 53.5 Å². The molecule has 2 heterocycles. The predicted octanol–water partition coefficient (Wildman–Crippen LogP) is 1.32. The Hall–Kier alpha value is -1.08. The Kier molecular flexibility index (Phi) is 6.14. The maximum absolute atomic E-state index is 10.8.